The van der Waals surface area contributed by atoms with Crippen LogP contribution in [0, 0.1) is 17.8 Å². The highest BCUT2D eigenvalue weighted by atomic mass is 15.0. The second-order valence-corrected chi connectivity index (χ2v) is 5.73. The molecule has 0 aliphatic heterocycles. The number of hydrogen-bond acceptors (Lipinski definition) is 1. The highest BCUT2D eigenvalue weighted by Gasteiger charge is 2.40. The topological polar surface area (TPSA) is 12.0 Å². The largest absolute Gasteiger partial charge is 0.311 e. The number of hydrogen-bond donors (Lipinski definition) is 1. The lowest BCUT2D eigenvalue weighted by Gasteiger charge is -2.39. The Labute approximate surface area is 88.7 Å². The maximum atomic E-state index is 3.81. The summed E-state index contributed by atoms with van der Waals surface area (Å²) >= 11 is 0. The van der Waals surface area contributed by atoms with Crippen molar-refractivity contribution in [3.8, 4) is 0 Å². The van der Waals surface area contributed by atoms with Crippen LogP contribution >= 0.6 is 0 Å². The Morgan fingerprint density at radius 2 is 1.93 bits per heavy atom. The van der Waals surface area contributed by atoms with Crippen molar-refractivity contribution in [3.05, 3.63) is 0 Å². The summed E-state index contributed by atoms with van der Waals surface area (Å²) in [6.07, 6.45) is 7.14. The third-order valence-corrected chi connectivity index (χ3v) is 4.15. The first-order chi connectivity index (χ1) is 6.70. The molecule has 0 amide bonds. The second-order valence-electron chi connectivity index (χ2n) is 5.73. The van der Waals surface area contributed by atoms with E-state index in [1.54, 1.807) is 0 Å². The van der Waals surface area contributed by atoms with Crippen molar-refractivity contribution in [2.45, 2.75) is 65.0 Å². The molecule has 0 aromatic rings. The molecule has 1 nitrogen and oxygen atoms in total. The Morgan fingerprint density at radius 3 is 2.50 bits per heavy atom. The maximum Gasteiger partial charge on any atom is 0.0102 e. The van der Waals surface area contributed by atoms with Gasteiger partial charge in [-0.15, -0.1) is 0 Å². The Hall–Kier alpha value is -0.0400. The average Bonchev–Trinajstić information content (AvgIpc) is 2.75. The Morgan fingerprint density at radius 1 is 1.21 bits per heavy atom. The summed E-state index contributed by atoms with van der Waals surface area (Å²) < 4.78 is 0. The fraction of sp³-hybridized carbons (Fsp3) is 1.00. The van der Waals surface area contributed by atoms with Gasteiger partial charge in [0.2, 0.25) is 0 Å². The van der Waals surface area contributed by atoms with E-state index in [0.29, 0.717) is 0 Å². The summed E-state index contributed by atoms with van der Waals surface area (Å²) in [7, 11) is 0. The first-order valence-corrected chi connectivity index (χ1v) is 6.46. The van der Waals surface area contributed by atoms with E-state index in [1.807, 2.05) is 0 Å². The predicted octanol–water partition coefficient (Wildman–Crippen LogP) is 3.20. The highest BCUT2D eigenvalue weighted by Crippen LogP contribution is 2.39. The molecule has 14 heavy (non-hydrogen) atoms. The molecule has 0 aromatic heterocycles. The summed E-state index contributed by atoms with van der Waals surface area (Å²) in [6, 6.07) is 1.77. The van der Waals surface area contributed by atoms with Gasteiger partial charge in [0.1, 0.15) is 0 Å². The Balaban J connectivity index is 1.57. The fourth-order valence-electron chi connectivity index (χ4n) is 2.79. The SMILES string of the molecule is CCCC1CC1NC1CC(C(C)C)C1. The minimum Gasteiger partial charge on any atom is -0.311 e. The lowest BCUT2D eigenvalue weighted by Crippen LogP contribution is -2.44. The molecular weight excluding hydrogens is 170 g/mol. The molecule has 1 heteroatoms. The first-order valence-electron chi connectivity index (χ1n) is 6.46. The fourth-order valence-corrected chi connectivity index (χ4v) is 2.79. The molecular formula is C13H25N. The van der Waals surface area contributed by atoms with E-state index in [0.717, 1.165) is 29.8 Å². The van der Waals surface area contributed by atoms with E-state index >= 15 is 0 Å². The normalized spacial score (nSPS) is 41.1. The van der Waals surface area contributed by atoms with E-state index in [2.05, 4.69) is 26.1 Å². The Kier molecular flexibility index (Phi) is 3.16. The van der Waals surface area contributed by atoms with Crippen molar-refractivity contribution >= 4 is 0 Å². The summed E-state index contributed by atoms with van der Waals surface area (Å²) in [5.41, 5.74) is 0. The van der Waals surface area contributed by atoms with Gasteiger partial charge in [0.05, 0.1) is 0 Å². The van der Waals surface area contributed by atoms with Gasteiger partial charge < -0.3 is 5.32 Å². The minimum absolute atomic E-state index is 0.870. The molecule has 2 saturated carbocycles. The molecule has 2 unspecified atom stereocenters. The molecule has 0 heterocycles. The van der Waals surface area contributed by atoms with E-state index in [4.69, 9.17) is 0 Å². The standard InChI is InChI=1S/C13H25N/c1-4-5-10-8-13(10)14-12-6-11(7-12)9(2)3/h9-14H,4-8H2,1-3H3. The van der Waals surface area contributed by atoms with Gasteiger partial charge in [-0.3, -0.25) is 0 Å². The van der Waals surface area contributed by atoms with E-state index in [-0.39, 0.29) is 0 Å². The predicted molar refractivity (Wildman–Crippen MR) is 61.3 cm³/mol. The van der Waals surface area contributed by atoms with Gasteiger partial charge in [-0.2, -0.15) is 0 Å². The molecule has 2 rings (SSSR count). The zero-order valence-electron chi connectivity index (χ0n) is 9.92. The van der Waals surface area contributed by atoms with Crippen LogP contribution in [0.15, 0.2) is 0 Å². The molecule has 0 saturated heterocycles. The first kappa shape index (κ1) is 10.5. The lowest BCUT2D eigenvalue weighted by molar-refractivity contribution is 0.166. The summed E-state index contributed by atoms with van der Waals surface area (Å²) in [5.74, 6) is 2.94. The third kappa shape index (κ3) is 2.31. The summed E-state index contributed by atoms with van der Waals surface area (Å²) in [6.45, 7) is 7.02. The Bertz CT molecular complexity index is 182. The molecule has 0 spiro atoms. The van der Waals surface area contributed by atoms with E-state index in [1.165, 1.54) is 32.1 Å². The van der Waals surface area contributed by atoms with Gasteiger partial charge in [0, 0.05) is 12.1 Å². The van der Waals surface area contributed by atoms with Crippen LogP contribution in [0.25, 0.3) is 0 Å². The van der Waals surface area contributed by atoms with Crippen molar-refractivity contribution in [2.24, 2.45) is 17.8 Å². The van der Waals surface area contributed by atoms with Gasteiger partial charge in [-0.1, -0.05) is 27.2 Å². The lowest BCUT2D eigenvalue weighted by atomic mass is 9.73. The molecule has 2 atom stereocenters. The van der Waals surface area contributed by atoms with E-state index in [9.17, 15) is 0 Å². The molecule has 0 bridgehead atoms. The van der Waals surface area contributed by atoms with Crippen molar-refractivity contribution in [2.75, 3.05) is 0 Å². The number of rotatable bonds is 5. The van der Waals surface area contributed by atoms with Crippen LogP contribution in [0.4, 0.5) is 0 Å². The van der Waals surface area contributed by atoms with Crippen molar-refractivity contribution in [1.82, 2.24) is 5.32 Å². The average molecular weight is 195 g/mol. The second kappa shape index (κ2) is 4.22. The minimum atomic E-state index is 0.870. The van der Waals surface area contributed by atoms with Gasteiger partial charge in [-0.25, -0.2) is 0 Å². The molecule has 0 radical (unpaired) electrons. The highest BCUT2D eigenvalue weighted by molar-refractivity contribution is 4.98. The quantitative estimate of drug-likeness (QED) is 0.710. The van der Waals surface area contributed by atoms with Crippen molar-refractivity contribution in [1.29, 1.82) is 0 Å². The van der Waals surface area contributed by atoms with Crippen LogP contribution in [0.1, 0.15) is 52.9 Å². The monoisotopic (exact) mass is 195 g/mol. The summed E-state index contributed by atoms with van der Waals surface area (Å²) in [5, 5.41) is 3.81. The van der Waals surface area contributed by atoms with Crippen LogP contribution in [0.3, 0.4) is 0 Å². The van der Waals surface area contributed by atoms with E-state index < -0.39 is 0 Å². The molecule has 0 aromatic carbocycles. The summed E-state index contributed by atoms with van der Waals surface area (Å²) in [4.78, 5) is 0. The zero-order chi connectivity index (χ0) is 10.1. The van der Waals surface area contributed by atoms with Crippen molar-refractivity contribution < 1.29 is 0 Å². The smallest absolute Gasteiger partial charge is 0.0102 e. The molecule has 2 aliphatic carbocycles. The van der Waals surface area contributed by atoms with Crippen LogP contribution in [0.5, 0.6) is 0 Å². The maximum absolute atomic E-state index is 3.81. The van der Waals surface area contributed by atoms with Gasteiger partial charge >= 0.3 is 0 Å². The van der Waals surface area contributed by atoms with Gasteiger partial charge in [-0.05, 0) is 43.4 Å². The van der Waals surface area contributed by atoms with Crippen molar-refractivity contribution in [3.63, 3.8) is 0 Å². The third-order valence-electron chi connectivity index (χ3n) is 4.15. The van der Waals surface area contributed by atoms with Crippen LogP contribution in [-0.4, -0.2) is 12.1 Å². The van der Waals surface area contributed by atoms with Gasteiger partial charge in [0.15, 0.2) is 0 Å². The molecule has 2 fully saturated rings. The molecule has 82 valence electrons. The van der Waals surface area contributed by atoms with Crippen LogP contribution < -0.4 is 5.32 Å². The molecule has 1 N–H and O–H groups in total. The van der Waals surface area contributed by atoms with Gasteiger partial charge in [0.25, 0.3) is 0 Å². The zero-order valence-corrected chi connectivity index (χ0v) is 9.92. The van der Waals surface area contributed by atoms with Crippen LogP contribution in [0.2, 0.25) is 0 Å². The number of nitrogens with one attached hydrogen (secondary N) is 1. The van der Waals surface area contributed by atoms with Crippen LogP contribution in [-0.2, 0) is 0 Å². The molecule has 2 aliphatic rings.